The van der Waals surface area contributed by atoms with Crippen LogP contribution in [-0.2, 0) is 5.41 Å². The van der Waals surface area contributed by atoms with Crippen LogP contribution in [0.1, 0.15) is 39.2 Å². The minimum Gasteiger partial charge on any atom is -0.419 e. The van der Waals surface area contributed by atoms with Crippen molar-refractivity contribution < 1.29 is 8.81 Å². The van der Waals surface area contributed by atoms with Gasteiger partial charge < -0.3 is 4.42 Å². The third kappa shape index (κ3) is 2.25. The Bertz CT molecular complexity index is 291. The Morgan fingerprint density at radius 3 is 2.54 bits per heavy atom. The van der Waals surface area contributed by atoms with Crippen LogP contribution in [0.2, 0.25) is 5.22 Å². The van der Waals surface area contributed by atoms with Gasteiger partial charge in [0.25, 0.3) is 6.01 Å². The molecule has 1 heterocycles. The highest BCUT2D eigenvalue weighted by atomic mass is 35.5. The van der Waals surface area contributed by atoms with E-state index in [-0.39, 0.29) is 10.6 Å². The third-order valence-corrected chi connectivity index (χ3v) is 2.54. The Hall–Kier alpha value is -0.500. The van der Waals surface area contributed by atoms with E-state index in [0.29, 0.717) is 0 Å². The lowest BCUT2D eigenvalue weighted by Crippen LogP contribution is -2.15. The molecule has 0 aliphatic rings. The molecule has 1 rings (SSSR count). The van der Waals surface area contributed by atoms with E-state index < -0.39 is 6.01 Å². The fourth-order valence-corrected chi connectivity index (χ4v) is 1.95. The van der Waals surface area contributed by atoms with Crippen molar-refractivity contribution in [3.8, 4) is 0 Å². The molecule has 0 fully saturated rings. The van der Waals surface area contributed by atoms with Gasteiger partial charge >= 0.3 is 0 Å². The van der Waals surface area contributed by atoms with Crippen LogP contribution in [0.15, 0.2) is 10.5 Å². The summed E-state index contributed by atoms with van der Waals surface area (Å²) >= 11 is 5.76. The zero-order valence-electron chi connectivity index (χ0n) is 8.16. The smallest absolute Gasteiger partial charge is 0.279 e. The van der Waals surface area contributed by atoms with Gasteiger partial charge in [-0.1, -0.05) is 27.2 Å². The van der Waals surface area contributed by atoms with Crippen molar-refractivity contribution in [2.75, 3.05) is 0 Å². The van der Waals surface area contributed by atoms with Gasteiger partial charge in [0.2, 0.25) is 5.22 Å². The van der Waals surface area contributed by atoms with E-state index in [1.807, 2.05) is 13.8 Å². The fraction of sp³-hybridized carbons (Fsp3) is 0.600. The standard InChI is InChI=1S/C10H14ClFO/c1-4-5-10(2,3)7-6-8(12)13-9(7)11/h6H,4-5H2,1-3H3. The van der Waals surface area contributed by atoms with Gasteiger partial charge in [0.1, 0.15) is 0 Å². The second kappa shape index (κ2) is 3.70. The van der Waals surface area contributed by atoms with Gasteiger partial charge in [-0.05, 0) is 23.4 Å². The zero-order chi connectivity index (χ0) is 10.1. The predicted octanol–water partition coefficient (Wildman–Crippen LogP) is 4.15. The largest absolute Gasteiger partial charge is 0.419 e. The molecule has 0 saturated heterocycles. The molecule has 1 aromatic heterocycles. The number of hydrogen-bond acceptors (Lipinski definition) is 1. The summed E-state index contributed by atoms with van der Waals surface area (Å²) in [6.45, 7) is 6.16. The molecule has 0 radical (unpaired) electrons. The minimum absolute atomic E-state index is 0.111. The van der Waals surface area contributed by atoms with Crippen LogP contribution in [0.5, 0.6) is 0 Å². The van der Waals surface area contributed by atoms with E-state index in [0.717, 1.165) is 18.4 Å². The van der Waals surface area contributed by atoms with E-state index in [1.54, 1.807) is 0 Å². The molecule has 3 heteroatoms. The first-order valence-electron chi connectivity index (χ1n) is 4.42. The molecular formula is C10H14ClFO. The number of halogens is 2. The van der Waals surface area contributed by atoms with Crippen LogP contribution >= 0.6 is 11.6 Å². The first kappa shape index (κ1) is 10.6. The van der Waals surface area contributed by atoms with E-state index in [2.05, 4.69) is 11.3 Å². The molecule has 0 aromatic carbocycles. The van der Waals surface area contributed by atoms with Crippen LogP contribution in [0, 0.1) is 6.01 Å². The lowest BCUT2D eigenvalue weighted by atomic mass is 9.82. The summed E-state index contributed by atoms with van der Waals surface area (Å²) in [4.78, 5) is 0. The Balaban J connectivity index is 2.98. The zero-order valence-corrected chi connectivity index (χ0v) is 8.91. The molecule has 0 aliphatic carbocycles. The second-order valence-electron chi connectivity index (χ2n) is 3.87. The number of hydrogen-bond donors (Lipinski definition) is 0. The fourth-order valence-electron chi connectivity index (χ4n) is 1.56. The summed E-state index contributed by atoms with van der Waals surface area (Å²) in [5, 5.41) is 0.177. The third-order valence-electron chi connectivity index (χ3n) is 2.26. The molecule has 0 amide bonds. The highest BCUT2D eigenvalue weighted by molar-refractivity contribution is 6.29. The van der Waals surface area contributed by atoms with Crippen LogP contribution < -0.4 is 0 Å². The van der Waals surface area contributed by atoms with Gasteiger partial charge in [-0.25, -0.2) is 0 Å². The van der Waals surface area contributed by atoms with Crippen molar-refractivity contribution in [1.82, 2.24) is 0 Å². The molecule has 0 spiro atoms. The second-order valence-corrected chi connectivity index (χ2v) is 4.22. The summed E-state index contributed by atoms with van der Waals surface area (Å²) in [6, 6.07) is 0.766. The van der Waals surface area contributed by atoms with Crippen LogP contribution in [0.3, 0.4) is 0 Å². The maximum Gasteiger partial charge on any atom is 0.279 e. The van der Waals surface area contributed by atoms with Crippen molar-refractivity contribution >= 4 is 11.6 Å². The van der Waals surface area contributed by atoms with E-state index in [1.165, 1.54) is 6.07 Å². The van der Waals surface area contributed by atoms with Gasteiger partial charge in [-0.2, -0.15) is 4.39 Å². The molecule has 1 aromatic rings. The van der Waals surface area contributed by atoms with Crippen molar-refractivity contribution in [2.45, 2.75) is 39.0 Å². The summed E-state index contributed by atoms with van der Waals surface area (Å²) in [7, 11) is 0. The molecule has 0 unspecified atom stereocenters. The lowest BCUT2D eigenvalue weighted by molar-refractivity contribution is 0.358. The maximum atomic E-state index is 12.7. The molecule has 13 heavy (non-hydrogen) atoms. The monoisotopic (exact) mass is 204 g/mol. The number of furan rings is 1. The summed E-state index contributed by atoms with van der Waals surface area (Å²) < 4.78 is 17.4. The van der Waals surface area contributed by atoms with Crippen LogP contribution in [-0.4, -0.2) is 0 Å². The van der Waals surface area contributed by atoms with Crippen molar-refractivity contribution in [2.24, 2.45) is 0 Å². The summed E-state index contributed by atoms with van der Waals surface area (Å²) in [5.41, 5.74) is 0.646. The molecular weight excluding hydrogens is 191 g/mol. The van der Waals surface area contributed by atoms with Gasteiger partial charge in [0, 0.05) is 11.6 Å². The Labute approximate surface area is 82.9 Å². The van der Waals surface area contributed by atoms with Crippen molar-refractivity contribution in [3.05, 3.63) is 22.9 Å². The summed E-state index contributed by atoms with van der Waals surface area (Å²) in [6.07, 6.45) is 2.00. The quantitative estimate of drug-likeness (QED) is 0.721. The minimum atomic E-state index is -0.607. The molecule has 0 aliphatic heterocycles. The predicted molar refractivity (Wildman–Crippen MR) is 51.6 cm³/mol. The van der Waals surface area contributed by atoms with Crippen LogP contribution in [0.25, 0.3) is 0 Å². The molecule has 0 atom stereocenters. The Morgan fingerprint density at radius 1 is 1.54 bits per heavy atom. The highest BCUT2D eigenvalue weighted by Crippen LogP contribution is 2.35. The van der Waals surface area contributed by atoms with Gasteiger partial charge in [0.15, 0.2) is 0 Å². The maximum absolute atomic E-state index is 12.7. The Kier molecular flexibility index (Phi) is 3.01. The topological polar surface area (TPSA) is 13.1 Å². The highest BCUT2D eigenvalue weighted by Gasteiger charge is 2.25. The Morgan fingerprint density at radius 2 is 2.15 bits per heavy atom. The van der Waals surface area contributed by atoms with Crippen molar-refractivity contribution in [3.63, 3.8) is 0 Å². The van der Waals surface area contributed by atoms with E-state index in [9.17, 15) is 4.39 Å². The lowest BCUT2D eigenvalue weighted by Gasteiger charge is -2.22. The van der Waals surface area contributed by atoms with E-state index >= 15 is 0 Å². The SMILES string of the molecule is CCCC(C)(C)c1cc(F)oc1Cl. The van der Waals surface area contributed by atoms with Crippen molar-refractivity contribution in [1.29, 1.82) is 0 Å². The van der Waals surface area contributed by atoms with E-state index in [4.69, 9.17) is 11.6 Å². The van der Waals surface area contributed by atoms with Gasteiger partial charge in [0.05, 0.1) is 0 Å². The van der Waals surface area contributed by atoms with Crippen LogP contribution in [0.4, 0.5) is 4.39 Å². The summed E-state index contributed by atoms with van der Waals surface area (Å²) in [5.74, 6) is 0. The van der Waals surface area contributed by atoms with Gasteiger partial charge in [-0.15, -0.1) is 0 Å². The average Bonchev–Trinajstić information content (AvgIpc) is 2.30. The molecule has 1 nitrogen and oxygen atoms in total. The molecule has 0 saturated carbocycles. The average molecular weight is 205 g/mol. The molecule has 0 bridgehead atoms. The number of rotatable bonds is 3. The first-order valence-corrected chi connectivity index (χ1v) is 4.80. The van der Waals surface area contributed by atoms with Gasteiger partial charge in [-0.3, -0.25) is 0 Å². The molecule has 0 N–H and O–H groups in total. The normalized spacial score (nSPS) is 12.1. The molecule has 74 valence electrons. The first-order chi connectivity index (χ1) is 5.97.